The van der Waals surface area contributed by atoms with Crippen LogP contribution in [0.2, 0.25) is 5.02 Å². The van der Waals surface area contributed by atoms with Crippen LogP contribution in [0.1, 0.15) is 13.8 Å². The fourth-order valence-electron chi connectivity index (χ4n) is 2.32. The van der Waals surface area contributed by atoms with Crippen molar-refractivity contribution in [2.24, 2.45) is 0 Å². The Hall–Kier alpha value is -1.54. The quantitative estimate of drug-likeness (QED) is 0.663. The van der Waals surface area contributed by atoms with Crippen molar-refractivity contribution in [2.45, 2.75) is 23.6 Å². The molecule has 0 atom stereocenters. The van der Waals surface area contributed by atoms with Gasteiger partial charge in [-0.1, -0.05) is 37.6 Å². The maximum atomic E-state index is 12.4. The number of rotatable bonds is 8. The smallest absolute Gasteiger partial charge is 0.243 e. The molecule has 0 spiro atoms. The van der Waals surface area contributed by atoms with Gasteiger partial charge in [-0.05, 0) is 36.4 Å². The average Bonchev–Trinajstić information content (AvgIpc) is 2.62. The molecule has 5 nitrogen and oxygen atoms in total. The molecule has 2 aromatic rings. The zero-order chi connectivity index (χ0) is 19.2. The molecule has 0 aromatic heterocycles. The average molecular weight is 413 g/mol. The van der Waals surface area contributed by atoms with E-state index in [1.54, 1.807) is 32.0 Å². The molecule has 0 heterocycles. The summed E-state index contributed by atoms with van der Waals surface area (Å²) in [7, 11) is -3.50. The highest BCUT2D eigenvalue weighted by atomic mass is 35.5. The molecule has 8 heteroatoms. The number of anilines is 1. The minimum atomic E-state index is -3.50. The number of sulfonamides is 1. The molecule has 0 bridgehead atoms. The second-order valence-corrected chi connectivity index (χ2v) is 8.74. The van der Waals surface area contributed by atoms with E-state index in [0.29, 0.717) is 23.8 Å². The van der Waals surface area contributed by atoms with Crippen LogP contribution in [0.4, 0.5) is 5.69 Å². The van der Waals surface area contributed by atoms with E-state index in [0.717, 1.165) is 4.90 Å². The van der Waals surface area contributed by atoms with E-state index >= 15 is 0 Å². The first-order chi connectivity index (χ1) is 12.4. The van der Waals surface area contributed by atoms with Gasteiger partial charge in [0.25, 0.3) is 0 Å². The Bertz CT molecular complexity index is 851. The van der Waals surface area contributed by atoms with Gasteiger partial charge in [-0.15, -0.1) is 11.8 Å². The topological polar surface area (TPSA) is 66.5 Å². The Labute approximate surface area is 163 Å². The molecule has 26 heavy (non-hydrogen) atoms. The van der Waals surface area contributed by atoms with E-state index in [2.05, 4.69) is 5.32 Å². The third kappa shape index (κ3) is 5.23. The lowest BCUT2D eigenvalue weighted by atomic mass is 10.3. The summed E-state index contributed by atoms with van der Waals surface area (Å²) in [5.41, 5.74) is 0.549. The lowest BCUT2D eigenvalue weighted by molar-refractivity contribution is -0.113. The van der Waals surface area contributed by atoms with Gasteiger partial charge in [-0.25, -0.2) is 8.42 Å². The second-order valence-electron chi connectivity index (χ2n) is 5.38. The number of amides is 1. The highest BCUT2D eigenvalue weighted by Gasteiger charge is 2.21. The normalized spacial score (nSPS) is 11.5. The minimum Gasteiger partial charge on any atom is -0.325 e. The van der Waals surface area contributed by atoms with Crippen molar-refractivity contribution >= 4 is 45.0 Å². The largest absolute Gasteiger partial charge is 0.325 e. The molecular weight excluding hydrogens is 392 g/mol. The highest BCUT2D eigenvalue weighted by Crippen LogP contribution is 2.26. The molecule has 1 N–H and O–H groups in total. The summed E-state index contributed by atoms with van der Waals surface area (Å²) >= 11 is 7.41. The fraction of sp³-hybridized carbons (Fsp3) is 0.278. The number of thioether (sulfide) groups is 1. The zero-order valence-corrected chi connectivity index (χ0v) is 17.0. The number of nitrogens with zero attached hydrogens (tertiary/aromatic N) is 1. The molecule has 0 aliphatic heterocycles. The van der Waals surface area contributed by atoms with E-state index in [-0.39, 0.29) is 16.6 Å². The molecule has 140 valence electrons. The van der Waals surface area contributed by atoms with Gasteiger partial charge in [0.2, 0.25) is 15.9 Å². The van der Waals surface area contributed by atoms with Gasteiger partial charge in [0.05, 0.1) is 15.7 Å². The van der Waals surface area contributed by atoms with Crippen LogP contribution in [0.5, 0.6) is 0 Å². The molecule has 0 radical (unpaired) electrons. The lowest BCUT2D eigenvalue weighted by Crippen LogP contribution is -2.30. The Kier molecular flexibility index (Phi) is 7.52. The number of halogens is 1. The van der Waals surface area contributed by atoms with E-state index < -0.39 is 10.0 Å². The van der Waals surface area contributed by atoms with Crippen molar-refractivity contribution in [1.29, 1.82) is 0 Å². The molecule has 0 saturated heterocycles. The van der Waals surface area contributed by atoms with E-state index in [4.69, 9.17) is 11.6 Å². The summed E-state index contributed by atoms with van der Waals surface area (Å²) in [4.78, 5) is 13.1. The number of carbonyl (C=O) groups excluding carboxylic acids is 1. The van der Waals surface area contributed by atoms with Crippen LogP contribution >= 0.6 is 23.4 Å². The second kappa shape index (κ2) is 9.41. The highest BCUT2D eigenvalue weighted by molar-refractivity contribution is 8.00. The van der Waals surface area contributed by atoms with Crippen molar-refractivity contribution < 1.29 is 13.2 Å². The first-order valence-corrected chi connectivity index (χ1v) is 11.0. The van der Waals surface area contributed by atoms with Gasteiger partial charge < -0.3 is 5.32 Å². The number of hydrogen-bond donors (Lipinski definition) is 1. The van der Waals surface area contributed by atoms with Gasteiger partial charge in [0.1, 0.15) is 0 Å². The number of hydrogen-bond acceptors (Lipinski definition) is 4. The Balaban J connectivity index is 1.98. The van der Waals surface area contributed by atoms with Crippen LogP contribution in [0.15, 0.2) is 58.3 Å². The van der Waals surface area contributed by atoms with Crippen molar-refractivity contribution in [3.8, 4) is 0 Å². The molecule has 2 aromatic carbocycles. The predicted octanol–water partition coefficient (Wildman–Crippen LogP) is 4.10. The van der Waals surface area contributed by atoms with Crippen LogP contribution in [0.25, 0.3) is 0 Å². The summed E-state index contributed by atoms with van der Waals surface area (Å²) < 4.78 is 26.3. The Morgan fingerprint density at radius 1 is 1.08 bits per heavy atom. The summed E-state index contributed by atoms with van der Waals surface area (Å²) in [5, 5.41) is 3.36. The Morgan fingerprint density at radius 3 is 2.27 bits per heavy atom. The summed E-state index contributed by atoms with van der Waals surface area (Å²) in [6.45, 7) is 4.42. The molecule has 0 unspecified atom stereocenters. The first-order valence-electron chi connectivity index (χ1n) is 8.15. The third-order valence-electron chi connectivity index (χ3n) is 3.68. The van der Waals surface area contributed by atoms with Crippen molar-refractivity contribution in [3.05, 3.63) is 53.6 Å². The molecule has 1 amide bonds. The predicted molar refractivity (Wildman–Crippen MR) is 107 cm³/mol. The SMILES string of the molecule is CCN(CC)S(=O)(=O)c1ccc(NC(=O)CSc2ccccc2Cl)cc1. The van der Waals surface area contributed by atoms with Crippen LogP contribution in [-0.4, -0.2) is 37.5 Å². The van der Waals surface area contributed by atoms with Crippen molar-refractivity contribution in [3.63, 3.8) is 0 Å². The fourth-order valence-corrected chi connectivity index (χ4v) is 4.82. The lowest BCUT2D eigenvalue weighted by Gasteiger charge is -2.18. The zero-order valence-electron chi connectivity index (χ0n) is 14.6. The van der Waals surface area contributed by atoms with Crippen LogP contribution in [0.3, 0.4) is 0 Å². The van der Waals surface area contributed by atoms with Crippen LogP contribution < -0.4 is 5.32 Å². The Morgan fingerprint density at radius 2 is 1.69 bits per heavy atom. The van der Waals surface area contributed by atoms with E-state index in [9.17, 15) is 13.2 Å². The van der Waals surface area contributed by atoms with Crippen molar-refractivity contribution in [2.75, 3.05) is 24.2 Å². The maximum Gasteiger partial charge on any atom is 0.243 e. The van der Waals surface area contributed by atoms with Crippen LogP contribution in [-0.2, 0) is 14.8 Å². The standard InChI is InChI=1S/C18H21ClN2O3S2/c1-3-21(4-2)26(23,24)15-11-9-14(10-12-15)20-18(22)13-25-17-8-6-5-7-16(17)19/h5-12H,3-4,13H2,1-2H3,(H,20,22). The number of benzene rings is 2. The molecular formula is C18H21ClN2O3S2. The number of nitrogens with one attached hydrogen (secondary N) is 1. The van der Waals surface area contributed by atoms with Crippen molar-refractivity contribution in [1.82, 2.24) is 4.31 Å². The molecule has 2 rings (SSSR count). The van der Waals surface area contributed by atoms with E-state index in [1.807, 2.05) is 18.2 Å². The van der Waals surface area contributed by atoms with E-state index in [1.165, 1.54) is 28.2 Å². The molecule has 0 aliphatic carbocycles. The first kappa shape index (κ1) is 20.8. The number of carbonyl (C=O) groups is 1. The minimum absolute atomic E-state index is 0.186. The summed E-state index contributed by atoms with van der Waals surface area (Å²) in [5.74, 6) is 0.0257. The maximum absolute atomic E-state index is 12.4. The van der Waals surface area contributed by atoms with Gasteiger partial charge >= 0.3 is 0 Å². The molecule has 0 saturated carbocycles. The summed E-state index contributed by atoms with van der Waals surface area (Å²) in [6, 6.07) is 13.5. The van der Waals surface area contributed by atoms with Crippen LogP contribution in [0, 0.1) is 0 Å². The van der Waals surface area contributed by atoms with Gasteiger partial charge in [-0.2, -0.15) is 4.31 Å². The van der Waals surface area contributed by atoms with Gasteiger partial charge in [0.15, 0.2) is 0 Å². The third-order valence-corrected chi connectivity index (χ3v) is 7.26. The molecule has 0 aliphatic rings. The monoisotopic (exact) mass is 412 g/mol. The molecule has 0 fully saturated rings. The summed E-state index contributed by atoms with van der Waals surface area (Å²) in [6.07, 6.45) is 0. The van der Waals surface area contributed by atoms with Gasteiger partial charge in [-0.3, -0.25) is 4.79 Å². The van der Waals surface area contributed by atoms with Gasteiger partial charge in [0, 0.05) is 23.7 Å².